The van der Waals surface area contributed by atoms with Crippen LogP contribution >= 0.6 is 23.2 Å². The number of carboxylic acid groups (broad SMARTS) is 1. The van der Waals surface area contributed by atoms with E-state index in [1.165, 1.54) is 0 Å². The van der Waals surface area contributed by atoms with Gasteiger partial charge in [0.05, 0.1) is 15.5 Å². The lowest BCUT2D eigenvalue weighted by molar-refractivity contribution is -0.154. The van der Waals surface area contributed by atoms with E-state index in [-0.39, 0.29) is 0 Å². The van der Waals surface area contributed by atoms with Crippen LogP contribution in [0.3, 0.4) is 0 Å². The summed E-state index contributed by atoms with van der Waals surface area (Å²) in [5, 5.41) is 10.4. The lowest BCUT2D eigenvalue weighted by Crippen LogP contribution is -2.39. The smallest absolute Gasteiger partial charge is 0.310 e. The molecule has 0 atom stereocenters. The zero-order valence-electron chi connectivity index (χ0n) is 9.79. The summed E-state index contributed by atoms with van der Waals surface area (Å²) in [6, 6.07) is 5.32. The number of hydrogen-bond acceptors (Lipinski definition) is 2. The molecular formula is C13H14Cl2O3. The molecule has 0 aliphatic carbocycles. The largest absolute Gasteiger partial charge is 0.481 e. The number of benzene rings is 1. The minimum absolute atomic E-state index is 0.394. The summed E-state index contributed by atoms with van der Waals surface area (Å²) in [7, 11) is 0. The van der Waals surface area contributed by atoms with Gasteiger partial charge >= 0.3 is 5.97 Å². The summed E-state index contributed by atoms with van der Waals surface area (Å²) in [6.45, 7) is 0.953. The second-order valence-corrected chi connectivity index (χ2v) is 5.37. The topological polar surface area (TPSA) is 46.5 Å². The van der Waals surface area contributed by atoms with Crippen LogP contribution in [0.25, 0.3) is 0 Å². The second kappa shape index (κ2) is 5.47. The molecule has 0 unspecified atom stereocenters. The van der Waals surface area contributed by atoms with E-state index in [2.05, 4.69) is 0 Å². The van der Waals surface area contributed by atoms with Gasteiger partial charge in [-0.1, -0.05) is 35.3 Å². The molecule has 0 spiro atoms. The van der Waals surface area contributed by atoms with Gasteiger partial charge in [0.2, 0.25) is 0 Å². The first-order valence-electron chi connectivity index (χ1n) is 5.79. The average molecular weight is 289 g/mol. The van der Waals surface area contributed by atoms with Crippen molar-refractivity contribution < 1.29 is 14.6 Å². The highest BCUT2D eigenvalue weighted by Crippen LogP contribution is 2.38. The third-order valence-corrected chi connectivity index (χ3v) is 4.32. The Hall–Kier alpha value is -0.770. The van der Waals surface area contributed by atoms with Gasteiger partial charge in [0, 0.05) is 13.2 Å². The normalized spacial score (nSPS) is 18.6. The first-order chi connectivity index (χ1) is 8.55. The molecule has 0 radical (unpaired) electrons. The molecule has 1 aliphatic rings. The van der Waals surface area contributed by atoms with Crippen LogP contribution in [-0.2, 0) is 16.0 Å². The molecular weight excluding hydrogens is 275 g/mol. The van der Waals surface area contributed by atoms with Crippen LogP contribution in [0.2, 0.25) is 10.0 Å². The van der Waals surface area contributed by atoms with Gasteiger partial charge in [-0.2, -0.15) is 0 Å². The monoisotopic (exact) mass is 288 g/mol. The lowest BCUT2D eigenvalue weighted by atomic mass is 9.75. The maximum Gasteiger partial charge on any atom is 0.310 e. The maximum atomic E-state index is 11.5. The van der Waals surface area contributed by atoms with Crippen molar-refractivity contribution in [3.8, 4) is 0 Å². The summed E-state index contributed by atoms with van der Waals surface area (Å²) in [4.78, 5) is 11.5. The minimum atomic E-state index is -0.790. The van der Waals surface area contributed by atoms with Gasteiger partial charge in [-0.3, -0.25) is 4.79 Å². The molecule has 0 amide bonds. The molecule has 2 rings (SSSR count). The van der Waals surface area contributed by atoms with Gasteiger partial charge in [0.25, 0.3) is 0 Å². The number of rotatable bonds is 3. The second-order valence-electron chi connectivity index (χ2n) is 4.59. The van der Waals surface area contributed by atoms with Crippen LogP contribution in [-0.4, -0.2) is 24.3 Å². The van der Waals surface area contributed by atoms with E-state index in [1.807, 2.05) is 6.07 Å². The van der Waals surface area contributed by atoms with Crippen molar-refractivity contribution in [2.24, 2.45) is 5.41 Å². The minimum Gasteiger partial charge on any atom is -0.481 e. The summed E-state index contributed by atoms with van der Waals surface area (Å²) in [6.07, 6.45) is 1.40. The molecule has 3 nitrogen and oxygen atoms in total. The average Bonchev–Trinajstić information content (AvgIpc) is 2.36. The van der Waals surface area contributed by atoms with Crippen LogP contribution < -0.4 is 0 Å². The Labute approximate surface area is 116 Å². The fourth-order valence-electron chi connectivity index (χ4n) is 2.28. The Morgan fingerprint density at radius 3 is 2.61 bits per heavy atom. The first kappa shape index (κ1) is 13.7. The van der Waals surface area contributed by atoms with Crippen LogP contribution in [0.4, 0.5) is 0 Å². The van der Waals surface area contributed by atoms with Crippen molar-refractivity contribution in [3.63, 3.8) is 0 Å². The molecule has 98 valence electrons. The van der Waals surface area contributed by atoms with Crippen LogP contribution in [0.15, 0.2) is 18.2 Å². The number of ether oxygens (including phenoxy) is 1. The maximum absolute atomic E-state index is 11.5. The van der Waals surface area contributed by atoms with Crippen molar-refractivity contribution >= 4 is 29.2 Å². The quantitative estimate of drug-likeness (QED) is 0.927. The highest BCUT2D eigenvalue weighted by molar-refractivity contribution is 6.42. The van der Waals surface area contributed by atoms with E-state index in [0.29, 0.717) is 42.5 Å². The van der Waals surface area contributed by atoms with Gasteiger partial charge in [0.15, 0.2) is 0 Å². The van der Waals surface area contributed by atoms with E-state index in [4.69, 9.17) is 27.9 Å². The van der Waals surface area contributed by atoms with E-state index < -0.39 is 11.4 Å². The van der Waals surface area contributed by atoms with Gasteiger partial charge < -0.3 is 9.84 Å². The summed E-state index contributed by atoms with van der Waals surface area (Å²) in [5.74, 6) is -0.790. The highest BCUT2D eigenvalue weighted by atomic mass is 35.5. The molecule has 1 N–H and O–H groups in total. The van der Waals surface area contributed by atoms with Crippen LogP contribution in [0.5, 0.6) is 0 Å². The Balaban J connectivity index is 2.29. The highest BCUT2D eigenvalue weighted by Gasteiger charge is 2.40. The molecule has 1 heterocycles. The van der Waals surface area contributed by atoms with Gasteiger partial charge in [-0.25, -0.2) is 0 Å². The van der Waals surface area contributed by atoms with Crippen molar-refractivity contribution in [1.29, 1.82) is 0 Å². The predicted octanol–water partition coefficient (Wildman–Crippen LogP) is 3.42. The molecule has 1 saturated heterocycles. The molecule has 1 aromatic carbocycles. The molecule has 1 fully saturated rings. The molecule has 5 heteroatoms. The molecule has 1 aliphatic heterocycles. The van der Waals surface area contributed by atoms with E-state index in [0.717, 1.165) is 5.56 Å². The Morgan fingerprint density at radius 2 is 2.00 bits per heavy atom. The fraction of sp³-hybridized carbons (Fsp3) is 0.462. The first-order valence-corrected chi connectivity index (χ1v) is 6.55. The summed E-state index contributed by atoms with van der Waals surface area (Å²) < 4.78 is 5.24. The fourth-order valence-corrected chi connectivity index (χ4v) is 2.66. The lowest BCUT2D eigenvalue weighted by Gasteiger charge is -2.33. The molecule has 0 aromatic heterocycles. The van der Waals surface area contributed by atoms with Crippen molar-refractivity contribution in [3.05, 3.63) is 33.8 Å². The van der Waals surface area contributed by atoms with Crippen molar-refractivity contribution in [1.82, 2.24) is 0 Å². The van der Waals surface area contributed by atoms with E-state index >= 15 is 0 Å². The SMILES string of the molecule is O=C(O)C1(Cc2cccc(Cl)c2Cl)CCOCC1. The third kappa shape index (κ3) is 2.63. The molecule has 18 heavy (non-hydrogen) atoms. The number of aliphatic carboxylic acids is 1. The van der Waals surface area contributed by atoms with Gasteiger partial charge in [-0.15, -0.1) is 0 Å². The van der Waals surface area contributed by atoms with E-state index in [9.17, 15) is 9.90 Å². The van der Waals surface area contributed by atoms with Crippen molar-refractivity contribution in [2.75, 3.05) is 13.2 Å². The number of hydrogen-bond donors (Lipinski definition) is 1. The predicted molar refractivity (Wildman–Crippen MR) is 70.3 cm³/mol. The Kier molecular flexibility index (Phi) is 4.15. The van der Waals surface area contributed by atoms with Crippen LogP contribution in [0.1, 0.15) is 18.4 Å². The third-order valence-electron chi connectivity index (χ3n) is 3.46. The van der Waals surface area contributed by atoms with E-state index in [1.54, 1.807) is 12.1 Å². The zero-order valence-corrected chi connectivity index (χ0v) is 11.3. The zero-order chi connectivity index (χ0) is 13.2. The Morgan fingerprint density at radius 1 is 1.33 bits per heavy atom. The molecule has 0 saturated carbocycles. The summed E-state index contributed by atoms with van der Waals surface area (Å²) >= 11 is 12.1. The van der Waals surface area contributed by atoms with Gasteiger partial charge in [-0.05, 0) is 30.9 Å². The van der Waals surface area contributed by atoms with Crippen LogP contribution in [0, 0.1) is 5.41 Å². The molecule has 1 aromatic rings. The number of carboxylic acids is 1. The van der Waals surface area contributed by atoms with Gasteiger partial charge in [0.1, 0.15) is 0 Å². The number of carbonyl (C=O) groups is 1. The number of halogens is 2. The van der Waals surface area contributed by atoms with Crippen molar-refractivity contribution in [2.45, 2.75) is 19.3 Å². The summed E-state index contributed by atoms with van der Waals surface area (Å²) in [5.41, 5.74) is 0.000471. The Bertz CT molecular complexity index is 454. The standard InChI is InChI=1S/C13H14Cl2O3/c14-10-3-1-2-9(11(10)15)8-13(12(16)17)4-6-18-7-5-13/h1-3H,4-8H2,(H,16,17). The molecule has 0 bridgehead atoms.